The number of amides is 3. The molecule has 30 heavy (non-hydrogen) atoms. The third-order valence-electron chi connectivity index (χ3n) is 4.10. The summed E-state index contributed by atoms with van der Waals surface area (Å²) in [6.07, 6.45) is 0. The number of esters is 1. The number of ether oxygens (including phenoxy) is 1. The van der Waals surface area contributed by atoms with Gasteiger partial charge in [-0.1, -0.05) is 42.1 Å². The van der Waals surface area contributed by atoms with Crippen LogP contribution in [0.4, 0.5) is 5.69 Å². The van der Waals surface area contributed by atoms with E-state index in [4.69, 9.17) is 4.74 Å². The molecule has 1 aliphatic heterocycles. The Morgan fingerprint density at radius 1 is 1.10 bits per heavy atom. The van der Waals surface area contributed by atoms with Crippen LogP contribution in [0.5, 0.6) is 0 Å². The summed E-state index contributed by atoms with van der Waals surface area (Å²) < 4.78 is 4.90. The minimum Gasteiger partial charge on any atom is -0.462 e. The van der Waals surface area contributed by atoms with Crippen molar-refractivity contribution in [2.75, 3.05) is 17.7 Å². The fourth-order valence-corrected chi connectivity index (χ4v) is 3.39. The van der Waals surface area contributed by atoms with Crippen LogP contribution < -0.4 is 10.6 Å². The van der Waals surface area contributed by atoms with Crippen molar-refractivity contribution in [3.63, 3.8) is 0 Å². The zero-order chi connectivity index (χ0) is 21.5. The number of nitrogens with zero attached hydrogens (tertiary/aromatic N) is 1. The van der Waals surface area contributed by atoms with Crippen molar-refractivity contribution < 1.29 is 23.9 Å². The van der Waals surface area contributed by atoms with Gasteiger partial charge in [0.05, 0.1) is 17.9 Å². The van der Waals surface area contributed by atoms with Crippen molar-refractivity contribution in [3.8, 4) is 0 Å². The average Bonchev–Trinajstić information content (AvgIpc) is 2.73. The molecule has 3 rings (SSSR count). The largest absolute Gasteiger partial charge is 0.462 e. The van der Waals surface area contributed by atoms with Gasteiger partial charge in [0.2, 0.25) is 11.8 Å². The highest BCUT2D eigenvalue weighted by Crippen LogP contribution is 2.22. The van der Waals surface area contributed by atoms with Crippen LogP contribution in [0.2, 0.25) is 0 Å². The topological polar surface area (TPSA) is 114 Å². The number of amidine groups is 1. The van der Waals surface area contributed by atoms with Gasteiger partial charge < -0.3 is 15.4 Å². The maximum absolute atomic E-state index is 12.3. The van der Waals surface area contributed by atoms with E-state index < -0.39 is 23.7 Å². The Hall–Kier alpha value is -3.46. The third-order valence-corrected chi connectivity index (χ3v) is 4.98. The second kappa shape index (κ2) is 9.84. The lowest BCUT2D eigenvalue weighted by Crippen LogP contribution is -2.41. The number of benzene rings is 2. The van der Waals surface area contributed by atoms with Gasteiger partial charge in [0.25, 0.3) is 5.91 Å². The molecule has 2 aromatic rings. The van der Waals surface area contributed by atoms with Gasteiger partial charge >= 0.3 is 5.97 Å². The number of hydrogen-bond acceptors (Lipinski definition) is 6. The molecule has 0 aromatic heterocycles. The van der Waals surface area contributed by atoms with E-state index in [1.165, 1.54) is 0 Å². The number of carbonyl (C=O) groups excluding carboxylic acids is 4. The number of rotatable bonds is 6. The summed E-state index contributed by atoms with van der Waals surface area (Å²) in [5.74, 6) is -2.86. The molecule has 2 aromatic carbocycles. The molecule has 0 saturated heterocycles. The van der Waals surface area contributed by atoms with Crippen molar-refractivity contribution in [2.45, 2.75) is 12.8 Å². The second-order valence-corrected chi connectivity index (χ2v) is 7.19. The molecule has 0 saturated carbocycles. The SMILES string of the molecule is CCOC(=O)c1ccc(NC(=O)CSC2=NC(=O)C(c3ccccc3)C(=O)N2)cc1. The van der Waals surface area contributed by atoms with Gasteiger partial charge in [-0.3, -0.25) is 14.4 Å². The Balaban J connectivity index is 1.54. The van der Waals surface area contributed by atoms with E-state index in [1.54, 1.807) is 61.5 Å². The minimum atomic E-state index is -0.984. The normalized spacial score (nSPS) is 15.8. The molecular weight excluding hydrogens is 406 g/mol. The van der Waals surface area contributed by atoms with E-state index in [-0.39, 0.29) is 23.4 Å². The van der Waals surface area contributed by atoms with Crippen molar-refractivity contribution in [1.29, 1.82) is 0 Å². The Labute approximate surface area is 177 Å². The van der Waals surface area contributed by atoms with E-state index in [1.807, 2.05) is 0 Å². The number of hydrogen-bond donors (Lipinski definition) is 2. The van der Waals surface area contributed by atoms with Gasteiger partial charge in [0.15, 0.2) is 5.17 Å². The first kappa shape index (κ1) is 21.3. The fraction of sp³-hybridized carbons (Fsp3) is 0.190. The zero-order valence-electron chi connectivity index (χ0n) is 16.1. The van der Waals surface area contributed by atoms with E-state index in [0.29, 0.717) is 16.8 Å². The lowest BCUT2D eigenvalue weighted by molar-refractivity contribution is -0.129. The fourth-order valence-electron chi connectivity index (χ4n) is 2.73. The molecule has 3 amide bonds. The maximum Gasteiger partial charge on any atom is 0.338 e. The summed E-state index contributed by atoms with van der Waals surface area (Å²) in [4.78, 5) is 52.3. The van der Waals surface area contributed by atoms with Gasteiger partial charge in [0, 0.05) is 5.69 Å². The van der Waals surface area contributed by atoms with Gasteiger partial charge in [-0.05, 0) is 36.8 Å². The zero-order valence-corrected chi connectivity index (χ0v) is 16.9. The molecule has 0 bridgehead atoms. The predicted molar refractivity (Wildman–Crippen MR) is 113 cm³/mol. The van der Waals surface area contributed by atoms with Crippen LogP contribution >= 0.6 is 11.8 Å². The molecule has 1 unspecified atom stereocenters. The summed E-state index contributed by atoms with van der Waals surface area (Å²) in [5, 5.41) is 5.33. The van der Waals surface area contributed by atoms with Gasteiger partial charge in [-0.2, -0.15) is 4.99 Å². The molecule has 0 radical (unpaired) electrons. The summed E-state index contributed by atoms with van der Waals surface area (Å²) in [6.45, 7) is 2.00. The van der Waals surface area contributed by atoms with Crippen LogP contribution in [0.25, 0.3) is 0 Å². The molecular formula is C21H19N3O5S. The molecule has 1 atom stereocenters. The predicted octanol–water partition coefficient (Wildman–Crippen LogP) is 2.33. The Morgan fingerprint density at radius 2 is 1.80 bits per heavy atom. The standard InChI is InChI=1S/C21H19N3O5S/c1-2-29-20(28)14-8-10-15(11-9-14)22-16(25)12-30-21-23-18(26)17(19(27)24-21)13-6-4-3-5-7-13/h3-11,17H,2,12H2,1H3,(H,22,25)(H,23,24,26,27). The van der Waals surface area contributed by atoms with Gasteiger partial charge in [-0.15, -0.1) is 0 Å². The highest BCUT2D eigenvalue weighted by atomic mass is 32.2. The summed E-state index contributed by atoms with van der Waals surface area (Å²) >= 11 is 0.955. The molecule has 2 N–H and O–H groups in total. The van der Waals surface area contributed by atoms with Gasteiger partial charge in [0.1, 0.15) is 5.92 Å². The number of aliphatic imine (C=N–C) groups is 1. The Morgan fingerprint density at radius 3 is 2.43 bits per heavy atom. The lowest BCUT2D eigenvalue weighted by Gasteiger charge is -2.19. The van der Waals surface area contributed by atoms with Crippen molar-refractivity contribution >= 4 is 46.3 Å². The summed E-state index contributed by atoms with van der Waals surface area (Å²) in [6, 6.07) is 14.9. The number of carbonyl (C=O) groups is 4. The van der Waals surface area contributed by atoms with Crippen LogP contribution in [-0.2, 0) is 19.1 Å². The van der Waals surface area contributed by atoms with Crippen LogP contribution in [0.1, 0.15) is 28.8 Å². The molecule has 1 aliphatic rings. The number of nitrogens with one attached hydrogen (secondary N) is 2. The first-order chi connectivity index (χ1) is 14.5. The average molecular weight is 425 g/mol. The molecule has 0 aliphatic carbocycles. The van der Waals surface area contributed by atoms with Crippen LogP contribution in [0.15, 0.2) is 59.6 Å². The molecule has 0 spiro atoms. The monoisotopic (exact) mass is 425 g/mol. The lowest BCUT2D eigenvalue weighted by atomic mass is 9.97. The van der Waals surface area contributed by atoms with E-state index in [0.717, 1.165) is 11.8 Å². The first-order valence-electron chi connectivity index (χ1n) is 9.16. The highest BCUT2D eigenvalue weighted by Gasteiger charge is 2.33. The van der Waals surface area contributed by atoms with Crippen LogP contribution in [0, 0.1) is 0 Å². The highest BCUT2D eigenvalue weighted by molar-refractivity contribution is 8.14. The molecule has 9 heteroatoms. The Bertz CT molecular complexity index is 989. The minimum absolute atomic E-state index is 0.0535. The van der Waals surface area contributed by atoms with E-state index in [2.05, 4.69) is 15.6 Å². The first-order valence-corrected chi connectivity index (χ1v) is 10.1. The number of thioether (sulfide) groups is 1. The summed E-state index contributed by atoms with van der Waals surface area (Å²) in [7, 11) is 0. The Kier molecular flexibility index (Phi) is 6.97. The van der Waals surface area contributed by atoms with E-state index in [9.17, 15) is 19.2 Å². The van der Waals surface area contributed by atoms with Gasteiger partial charge in [-0.25, -0.2) is 4.79 Å². The molecule has 154 valence electrons. The smallest absolute Gasteiger partial charge is 0.338 e. The molecule has 1 heterocycles. The van der Waals surface area contributed by atoms with E-state index >= 15 is 0 Å². The van der Waals surface area contributed by atoms with Crippen molar-refractivity contribution in [1.82, 2.24) is 5.32 Å². The van der Waals surface area contributed by atoms with Crippen LogP contribution in [-0.4, -0.2) is 41.2 Å². The number of anilines is 1. The summed E-state index contributed by atoms with van der Waals surface area (Å²) in [5.41, 5.74) is 1.45. The third kappa shape index (κ3) is 5.32. The maximum atomic E-state index is 12.3. The molecule has 0 fully saturated rings. The van der Waals surface area contributed by atoms with Crippen LogP contribution in [0.3, 0.4) is 0 Å². The molecule has 8 nitrogen and oxygen atoms in total. The second-order valence-electron chi connectivity index (χ2n) is 6.22. The van der Waals surface area contributed by atoms with Crippen molar-refractivity contribution in [3.05, 3.63) is 65.7 Å². The quantitative estimate of drug-likeness (QED) is 0.542. The van der Waals surface area contributed by atoms with Crippen molar-refractivity contribution in [2.24, 2.45) is 4.99 Å².